The minimum absolute atomic E-state index is 0.0156. The Morgan fingerprint density at radius 2 is 2.08 bits per heavy atom. The molecule has 1 aliphatic heterocycles. The maximum absolute atomic E-state index is 12.5. The number of hydrogen-bond acceptors (Lipinski definition) is 8. The van der Waals surface area contributed by atoms with E-state index in [1.165, 1.54) is 12.7 Å². The minimum atomic E-state index is -0.820. The van der Waals surface area contributed by atoms with Crippen LogP contribution in [0.2, 0.25) is 0 Å². The van der Waals surface area contributed by atoms with Crippen LogP contribution in [0, 0.1) is 5.92 Å². The zero-order valence-electron chi connectivity index (χ0n) is 23.6. The quantitative estimate of drug-likeness (QED) is 0.298. The number of methoxy groups -OCH3 is 1. The van der Waals surface area contributed by atoms with Gasteiger partial charge in [0.1, 0.15) is 17.2 Å². The number of pyridine rings is 1. The van der Waals surface area contributed by atoms with E-state index in [4.69, 9.17) is 14.5 Å². The van der Waals surface area contributed by atoms with E-state index in [0.29, 0.717) is 24.8 Å². The van der Waals surface area contributed by atoms with Crippen LogP contribution < -0.4 is 15.4 Å². The number of aliphatic hydroxyl groups excluding tert-OH is 1. The molecule has 8 nitrogen and oxygen atoms in total. The number of benzene rings is 1. The lowest BCUT2D eigenvalue weighted by Crippen LogP contribution is -2.52. The van der Waals surface area contributed by atoms with E-state index >= 15 is 0 Å². The summed E-state index contributed by atoms with van der Waals surface area (Å²) in [6.45, 7) is 4.67. The number of aliphatic hydroxyl groups is 1. The number of aromatic nitrogens is 2. The molecule has 5 rings (SSSR count). The first-order valence-electron chi connectivity index (χ1n) is 14.2. The predicted octanol–water partition coefficient (Wildman–Crippen LogP) is 4.47. The van der Waals surface area contributed by atoms with Crippen molar-refractivity contribution in [3.63, 3.8) is 0 Å². The number of nitrogens with zero attached hydrogens (tertiary/aromatic N) is 2. The molecule has 40 heavy (non-hydrogen) atoms. The molecule has 1 fully saturated rings. The Hall–Kier alpha value is -2.85. The van der Waals surface area contributed by atoms with Crippen molar-refractivity contribution in [2.45, 2.75) is 76.2 Å². The third-order valence-electron chi connectivity index (χ3n) is 7.83. The number of amides is 1. The van der Waals surface area contributed by atoms with E-state index in [-0.39, 0.29) is 24.2 Å². The van der Waals surface area contributed by atoms with Gasteiger partial charge in [-0.2, -0.15) is 0 Å². The van der Waals surface area contributed by atoms with Crippen molar-refractivity contribution in [1.82, 2.24) is 20.6 Å². The predicted molar refractivity (Wildman–Crippen MR) is 156 cm³/mol. The van der Waals surface area contributed by atoms with Gasteiger partial charge in [-0.15, -0.1) is 11.3 Å². The molecule has 3 aromatic rings. The maximum atomic E-state index is 12.5. The molecule has 0 unspecified atom stereocenters. The Morgan fingerprint density at radius 3 is 2.77 bits per heavy atom. The van der Waals surface area contributed by atoms with Crippen molar-refractivity contribution < 1.29 is 19.4 Å². The summed E-state index contributed by atoms with van der Waals surface area (Å²) in [7, 11) is 1.49. The van der Waals surface area contributed by atoms with Gasteiger partial charge in [-0.25, -0.2) is 9.97 Å². The molecule has 3 heterocycles. The number of carbonyl (C=O) groups is 1. The van der Waals surface area contributed by atoms with Crippen LogP contribution in [0.4, 0.5) is 0 Å². The van der Waals surface area contributed by atoms with E-state index in [1.807, 2.05) is 29.8 Å². The molecule has 1 spiro atoms. The molecule has 9 heteroatoms. The van der Waals surface area contributed by atoms with E-state index in [9.17, 15) is 9.90 Å². The third kappa shape index (κ3) is 6.89. The van der Waals surface area contributed by atoms with Crippen LogP contribution >= 0.6 is 11.3 Å². The monoisotopic (exact) mass is 564 g/mol. The first-order valence-corrected chi connectivity index (χ1v) is 15.1. The van der Waals surface area contributed by atoms with Crippen molar-refractivity contribution >= 4 is 17.2 Å². The molecule has 1 saturated carbocycles. The summed E-state index contributed by atoms with van der Waals surface area (Å²) in [4.78, 5) is 21.7. The van der Waals surface area contributed by atoms with Gasteiger partial charge < -0.3 is 25.2 Å². The highest BCUT2D eigenvalue weighted by Crippen LogP contribution is 2.48. The first-order chi connectivity index (χ1) is 19.3. The van der Waals surface area contributed by atoms with Gasteiger partial charge in [-0.05, 0) is 61.3 Å². The summed E-state index contributed by atoms with van der Waals surface area (Å²) in [5.74, 6) is 0.977. The van der Waals surface area contributed by atoms with E-state index < -0.39 is 12.1 Å². The van der Waals surface area contributed by atoms with Crippen molar-refractivity contribution in [2.24, 2.45) is 5.92 Å². The van der Waals surface area contributed by atoms with Gasteiger partial charge in [-0.1, -0.05) is 32.0 Å². The number of rotatable bonds is 12. The van der Waals surface area contributed by atoms with Crippen LogP contribution in [0.3, 0.4) is 0 Å². The first kappa shape index (κ1) is 28.7. The lowest BCUT2D eigenvalue weighted by molar-refractivity contribution is -0.126. The molecule has 0 saturated heterocycles. The number of nitrogens with one attached hydrogen (secondary N) is 2. The number of carbonyl (C=O) groups excluding carboxylic acids is 1. The molecular formula is C31H40N4O4S. The maximum Gasteiger partial charge on any atom is 0.246 e. The average molecular weight is 565 g/mol. The van der Waals surface area contributed by atoms with Crippen molar-refractivity contribution in [3.05, 3.63) is 64.8 Å². The third-order valence-corrected chi connectivity index (χ3v) is 8.65. The van der Waals surface area contributed by atoms with Crippen molar-refractivity contribution in [2.75, 3.05) is 20.3 Å². The van der Waals surface area contributed by atoms with Crippen LogP contribution in [0.15, 0.2) is 48.1 Å². The Bertz CT molecular complexity index is 1280. The van der Waals surface area contributed by atoms with Gasteiger partial charge in [0.05, 0.1) is 12.1 Å². The summed E-state index contributed by atoms with van der Waals surface area (Å²) in [6, 6.07) is 9.84. The number of hydrogen-bond donors (Lipinski definition) is 3. The highest BCUT2D eigenvalue weighted by Gasteiger charge is 2.46. The molecule has 3 N–H and O–H groups in total. The second-order valence-corrected chi connectivity index (χ2v) is 12.5. The van der Waals surface area contributed by atoms with E-state index in [1.54, 1.807) is 17.5 Å². The molecule has 2 aliphatic rings. The number of ether oxygens (including phenoxy) is 2. The summed E-state index contributed by atoms with van der Waals surface area (Å²) >= 11 is 1.58. The van der Waals surface area contributed by atoms with Gasteiger partial charge in [-0.3, -0.25) is 4.79 Å². The zero-order valence-corrected chi connectivity index (χ0v) is 24.4. The highest BCUT2D eigenvalue weighted by atomic mass is 32.1. The van der Waals surface area contributed by atoms with Crippen LogP contribution in [0.5, 0.6) is 5.88 Å². The molecule has 0 bridgehead atoms. The molecule has 214 valence electrons. The lowest BCUT2D eigenvalue weighted by Gasteiger charge is -2.47. The molecule has 1 amide bonds. The topological polar surface area (TPSA) is 106 Å². The lowest BCUT2D eigenvalue weighted by atomic mass is 9.73. The standard InChI is InChI=1S/C31H40N4O4S/c1-20(2)12-22-14-24-26(16-31(8-5-9-31)39-29(24)34-17-22)33-18-27(36)25(35-28(37)19-38-3)15-21-6-4-7-23(13-21)30-32-10-11-40-30/h4,6-7,10-11,13-14,17,20,25-27,33,36H,5,8-9,12,15-16,18-19H2,1-3H3,(H,35,37)/t25-,26-,27-/m0/s1. The van der Waals surface area contributed by atoms with Gasteiger partial charge >= 0.3 is 0 Å². The summed E-state index contributed by atoms with van der Waals surface area (Å²) < 4.78 is 11.5. The van der Waals surface area contributed by atoms with Gasteiger partial charge in [0.2, 0.25) is 11.8 Å². The molecule has 0 radical (unpaired) electrons. The van der Waals surface area contributed by atoms with Crippen LogP contribution in [-0.2, 0) is 22.4 Å². The number of thiazole rings is 1. The highest BCUT2D eigenvalue weighted by molar-refractivity contribution is 7.13. The van der Waals surface area contributed by atoms with Gasteiger partial charge in [0, 0.05) is 55.0 Å². The summed E-state index contributed by atoms with van der Waals surface area (Å²) in [6.07, 6.45) is 8.38. The second kappa shape index (κ2) is 12.8. The largest absolute Gasteiger partial charge is 0.471 e. The zero-order chi connectivity index (χ0) is 28.1. The van der Waals surface area contributed by atoms with Gasteiger partial charge in [0.25, 0.3) is 0 Å². The number of fused-ring (bicyclic) bond motifs is 1. The fraction of sp³-hybridized carbons (Fsp3) is 0.516. The SMILES string of the molecule is COCC(=O)N[C@@H](Cc1cccc(-c2nccs2)c1)[C@@H](O)CN[C@H]1CC2(CCC2)Oc2ncc(CC(C)C)cc21. The van der Waals surface area contributed by atoms with Crippen molar-refractivity contribution in [1.29, 1.82) is 0 Å². The Balaban J connectivity index is 1.32. The Labute approximate surface area is 240 Å². The van der Waals surface area contributed by atoms with Crippen LogP contribution in [0.1, 0.15) is 62.3 Å². The Kier molecular flexibility index (Phi) is 9.15. The molecule has 1 aromatic carbocycles. The fourth-order valence-corrected chi connectivity index (χ4v) is 6.38. The normalized spacial score (nSPS) is 19.0. The smallest absolute Gasteiger partial charge is 0.246 e. The second-order valence-electron chi connectivity index (χ2n) is 11.6. The minimum Gasteiger partial charge on any atom is -0.471 e. The summed E-state index contributed by atoms with van der Waals surface area (Å²) in [5.41, 5.74) is 4.11. The fourth-order valence-electron chi connectivity index (χ4n) is 5.74. The van der Waals surface area contributed by atoms with Crippen molar-refractivity contribution in [3.8, 4) is 16.5 Å². The van der Waals surface area contributed by atoms with E-state index in [0.717, 1.165) is 53.8 Å². The Morgan fingerprint density at radius 1 is 1.23 bits per heavy atom. The molecule has 2 aromatic heterocycles. The van der Waals surface area contributed by atoms with Crippen LogP contribution in [-0.4, -0.2) is 59.0 Å². The molecular weight excluding hydrogens is 524 g/mol. The molecule has 3 atom stereocenters. The van der Waals surface area contributed by atoms with Crippen LogP contribution in [0.25, 0.3) is 10.6 Å². The van der Waals surface area contributed by atoms with E-state index in [2.05, 4.69) is 41.6 Å². The average Bonchev–Trinajstić information content (AvgIpc) is 3.45. The molecule has 1 aliphatic carbocycles. The summed E-state index contributed by atoms with van der Waals surface area (Å²) in [5, 5.41) is 20.9. The van der Waals surface area contributed by atoms with Gasteiger partial charge in [0.15, 0.2) is 0 Å².